The summed E-state index contributed by atoms with van der Waals surface area (Å²) in [4.78, 5) is 26.1. The van der Waals surface area contributed by atoms with Gasteiger partial charge < -0.3 is 9.30 Å². The van der Waals surface area contributed by atoms with Gasteiger partial charge in [-0.1, -0.05) is 0 Å². The standard InChI is InChI=1S/C26H27F3N4O2/c1-14-15(2)31-23-22(30-14)18(24-11-25(12-24,13-24)26(27,28)29)9-19(32-23)16-6-7-35-20(8-16)17-4-5-21(34)33(3)10-17/h4-5,9-10,16,20H,6-8,11-13H2,1-3H3/t16-,20-,24?,25?/m0/s1. The Morgan fingerprint density at radius 2 is 1.80 bits per heavy atom. The fourth-order valence-corrected chi connectivity index (χ4v) is 6.31. The Hall–Kier alpha value is -2.81. The molecule has 0 aromatic carbocycles. The lowest BCUT2D eigenvalue weighted by molar-refractivity contribution is -0.336. The molecule has 0 amide bonds. The van der Waals surface area contributed by atoms with Gasteiger partial charge in [-0.15, -0.1) is 0 Å². The minimum atomic E-state index is -4.16. The number of hydrogen-bond acceptors (Lipinski definition) is 5. The molecule has 3 aliphatic carbocycles. The summed E-state index contributed by atoms with van der Waals surface area (Å²) in [5, 5.41) is 0. The van der Waals surface area contributed by atoms with Crippen molar-refractivity contribution in [2.75, 3.05) is 6.61 Å². The molecule has 4 heterocycles. The van der Waals surface area contributed by atoms with E-state index in [0.717, 1.165) is 34.6 Å². The van der Waals surface area contributed by atoms with Crippen LogP contribution in [0.2, 0.25) is 0 Å². The third kappa shape index (κ3) is 3.34. The summed E-state index contributed by atoms with van der Waals surface area (Å²) in [5.41, 5.74) is 3.20. The molecule has 0 N–H and O–H groups in total. The van der Waals surface area contributed by atoms with Crippen molar-refractivity contribution in [2.45, 2.75) is 69.6 Å². The summed E-state index contributed by atoms with van der Waals surface area (Å²) >= 11 is 0. The van der Waals surface area contributed by atoms with Crippen molar-refractivity contribution in [1.82, 2.24) is 19.5 Å². The molecule has 9 heteroatoms. The average Bonchev–Trinajstić information content (AvgIpc) is 2.74. The number of rotatable bonds is 3. The molecule has 1 saturated heterocycles. The van der Waals surface area contributed by atoms with Crippen LogP contribution in [0, 0.1) is 19.3 Å². The van der Waals surface area contributed by atoms with Gasteiger partial charge in [0.2, 0.25) is 5.56 Å². The number of ether oxygens (including phenoxy) is 1. The lowest BCUT2D eigenvalue weighted by atomic mass is 9.33. The van der Waals surface area contributed by atoms with Crippen molar-refractivity contribution >= 4 is 11.2 Å². The highest BCUT2D eigenvalue weighted by molar-refractivity contribution is 5.77. The van der Waals surface area contributed by atoms with E-state index in [2.05, 4.69) is 4.98 Å². The molecular formula is C26H27F3N4O2. The first-order valence-corrected chi connectivity index (χ1v) is 12.0. The number of alkyl halides is 3. The second-order valence-corrected chi connectivity index (χ2v) is 10.7. The topological polar surface area (TPSA) is 69.9 Å². The number of aromatic nitrogens is 4. The second kappa shape index (κ2) is 7.35. The number of hydrogen-bond donors (Lipinski definition) is 0. The number of fused-ring (bicyclic) bond motifs is 1. The zero-order valence-electron chi connectivity index (χ0n) is 19.9. The van der Waals surface area contributed by atoms with Gasteiger partial charge in [0.1, 0.15) is 5.52 Å². The summed E-state index contributed by atoms with van der Waals surface area (Å²) in [6, 6.07) is 5.33. The molecule has 7 rings (SSSR count). The van der Waals surface area contributed by atoms with Gasteiger partial charge in [-0.3, -0.25) is 4.79 Å². The van der Waals surface area contributed by atoms with E-state index in [1.807, 2.05) is 19.9 Å². The summed E-state index contributed by atoms with van der Waals surface area (Å²) in [6.45, 7) is 4.28. The Labute approximate surface area is 200 Å². The van der Waals surface area contributed by atoms with Crippen molar-refractivity contribution in [3.63, 3.8) is 0 Å². The Kier molecular flexibility index (Phi) is 4.75. The van der Waals surface area contributed by atoms with E-state index in [4.69, 9.17) is 14.7 Å². The first-order valence-electron chi connectivity index (χ1n) is 12.0. The van der Waals surface area contributed by atoms with E-state index >= 15 is 0 Å². The molecule has 3 saturated carbocycles. The summed E-state index contributed by atoms with van der Waals surface area (Å²) < 4.78 is 48.3. The predicted octanol–water partition coefficient (Wildman–Crippen LogP) is 4.96. The minimum Gasteiger partial charge on any atom is -0.373 e. The molecule has 3 aromatic rings. The highest BCUT2D eigenvalue weighted by Gasteiger charge is 2.79. The van der Waals surface area contributed by atoms with E-state index in [0.29, 0.717) is 24.2 Å². The number of pyridine rings is 2. The highest BCUT2D eigenvalue weighted by atomic mass is 19.4. The molecule has 0 spiro atoms. The number of nitrogens with zero attached hydrogens (tertiary/aromatic N) is 4. The van der Waals surface area contributed by atoms with Crippen LogP contribution in [0.3, 0.4) is 0 Å². The van der Waals surface area contributed by atoms with E-state index in [9.17, 15) is 18.0 Å². The first kappa shape index (κ1) is 22.6. The summed E-state index contributed by atoms with van der Waals surface area (Å²) in [5.74, 6) is 0.0708. The molecular weight excluding hydrogens is 457 g/mol. The SMILES string of the molecule is Cc1nc2nc([C@H]3CCO[C@H](c4ccc(=O)n(C)c4)C3)cc(C34CC(C(F)(F)F)(C3)C4)c2nc1C. The van der Waals surface area contributed by atoms with Crippen molar-refractivity contribution in [3.8, 4) is 0 Å². The van der Waals surface area contributed by atoms with Crippen LogP contribution in [0.4, 0.5) is 13.2 Å². The minimum absolute atomic E-state index is 0.0708. The third-order valence-corrected chi connectivity index (χ3v) is 8.46. The van der Waals surface area contributed by atoms with Gasteiger partial charge in [-0.2, -0.15) is 13.2 Å². The maximum atomic E-state index is 13.6. The molecule has 0 radical (unpaired) electrons. The van der Waals surface area contributed by atoms with Gasteiger partial charge in [0.25, 0.3) is 0 Å². The predicted molar refractivity (Wildman–Crippen MR) is 123 cm³/mol. The average molecular weight is 485 g/mol. The largest absolute Gasteiger partial charge is 0.394 e. The quantitative estimate of drug-likeness (QED) is 0.526. The van der Waals surface area contributed by atoms with Crippen LogP contribution < -0.4 is 5.56 Å². The van der Waals surface area contributed by atoms with Crippen LogP contribution in [0.15, 0.2) is 29.2 Å². The van der Waals surface area contributed by atoms with Gasteiger partial charge >= 0.3 is 6.18 Å². The van der Waals surface area contributed by atoms with E-state index < -0.39 is 17.0 Å². The molecule has 2 atom stereocenters. The van der Waals surface area contributed by atoms with Crippen molar-refractivity contribution in [2.24, 2.45) is 12.5 Å². The summed E-state index contributed by atoms with van der Waals surface area (Å²) in [7, 11) is 1.71. The van der Waals surface area contributed by atoms with Crippen molar-refractivity contribution in [3.05, 3.63) is 63.0 Å². The monoisotopic (exact) mass is 484 g/mol. The molecule has 4 aliphatic rings. The molecule has 6 nitrogen and oxygen atoms in total. The van der Waals surface area contributed by atoms with Gasteiger partial charge in [0, 0.05) is 42.9 Å². The smallest absolute Gasteiger partial charge is 0.373 e. The van der Waals surface area contributed by atoms with Crippen molar-refractivity contribution in [1.29, 1.82) is 0 Å². The second-order valence-electron chi connectivity index (χ2n) is 10.7. The molecule has 35 heavy (non-hydrogen) atoms. The number of halogens is 3. The van der Waals surface area contributed by atoms with Crippen LogP contribution in [-0.2, 0) is 17.2 Å². The third-order valence-electron chi connectivity index (χ3n) is 8.46. The zero-order valence-corrected chi connectivity index (χ0v) is 19.9. The van der Waals surface area contributed by atoms with Gasteiger partial charge in [-0.25, -0.2) is 15.0 Å². The zero-order chi connectivity index (χ0) is 24.8. The van der Waals surface area contributed by atoms with Gasteiger partial charge in [0.15, 0.2) is 5.65 Å². The molecule has 4 fully saturated rings. The Bertz CT molecular complexity index is 1390. The van der Waals surface area contributed by atoms with E-state index in [-0.39, 0.29) is 36.8 Å². The maximum absolute atomic E-state index is 13.6. The van der Waals surface area contributed by atoms with Gasteiger partial charge in [-0.05, 0) is 69.2 Å². The van der Waals surface area contributed by atoms with E-state index in [1.54, 1.807) is 19.3 Å². The fraction of sp³-hybridized carbons (Fsp3) is 0.538. The normalized spacial score (nSPS) is 30.1. The van der Waals surface area contributed by atoms with Crippen LogP contribution in [0.25, 0.3) is 11.2 Å². The number of aryl methyl sites for hydroxylation is 3. The fourth-order valence-electron chi connectivity index (χ4n) is 6.31. The maximum Gasteiger partial charge on any atom is 0.394 e. The van der Waals surface area contributed by atoms with E-state index in [1.165, 1.54) is 10.6 Å². The highest BCUT2D eigenvalue weighted by Crippen LogP contribution is 2.79. The Morgan fingerprint density at radius 1 is 1.09 bits per heavy atom. The van der Waals surface area contributed by atoms with Crippen LogP contribution in [-0.4, -0.2) is 32.3 Å². The Balaban J connectivity index is 1.38. The first-order chi connectivity index (χ1) is 16.5. The van der Waals surface area contributed by atoms with Crippen LogP contribution in [0.1, 0.15) is 72.3 Å². The molecule has 1 aliphatic heterocycles. The molecule has 184 valence electrons. The van der Waals surface area contributed by atoms with Crippen LogP contribution in [0.5, 0.6) is 0 Å². The summed E-state index contributed by atoms with van der Waals surface area (Å²) in [6.07, 6.45) is -0.768. The lowest BCUT2D eigenvalue weighted by Crippen LogP contribution is -2.70. The molecule has 0 unspecified atom stereocenters. The Morgan fingerprint density at radius 3 is 2.49 bits per heavy atom. The van der Waals surface area contributed by atoms with Gasteiger partial charge in [0.05, 0.1) is 22.9 Å². The van der Waals surface area contributed by atoms with Crippen LogP contribution >= 0.6 is 0 Å². The lowest BCUT2D eigenvalue weighted by Gasteiger charge is -2.70. The molecule has 2 bridgehead atoms. The molecule has 3 aromatic heterocycles. The van der Waals surface area contributed by atoms with Crippen molar-refractivity contribution < 1.29 is 17.9 Å².